The van der Waals surface area contributed by atoms with Crippen LogP contribution in [0.15, 0.2) is 24.3 Å². The van der Waals surface area contributed by atoms with Crippen LogP contribution in [-0.4, -0.2) is 22.2 Å². The first-order valence-corrected chi connectivity index (χ1v) is 6.58. The number of rotatable bonds is 3. The first kappa shape index (κ1) is 15.8. The maximum atomic E-state index is 12.1. The van der Waals surface area contributed by atoms with E-state index < -0.39 is 10.7 Å². The molecule has 1 aromatic carbocycles. The molecule has 0 aromatic heterocycles. The molecular weight excluding hydrogens is 287 g/mol. The van der Waals surface area contributed by atoms with Crippen LogP contribution < -0.4 is 10.6 Å². The Morgan fingerprint density at radius 3 is 2.26 bits per heavy atom. The summed E-state index contributed by atoms with van der Waals surface area (Å²) in [5, 5.41) is 5.34. The Balaban J connectivity index is 2.96. The highest BCUT2D eigenvalue weighted by molar-refractivity contribution is 6.54. The molecule has 1 rings (SSSR count). The summed E-state index contributed by atoms with van der Waals surface area (Å²) >= 11 is 10.9. The zero-order valence-corrected chi connectivity index (χ0v) is 12.5. The van der Waals surface area contributed by atoms with Gasteiger partial charge in [-0.25, -0.2) is 0 Å². The maximum absolute atomic E-state index is 12.1. The topological polar surface area (TPSA) is 58.2 Å². The lowest BCUT2D eigenvalue weighted by atomic mass is 10.1. The Kier molecular flexibility index (Phi) is 5.20. The van der Waals surface area contributed by atoms with Crippen LogP contribution in [0.1, 0.15) is 31.1 Å². The lowest BCUT2D eigenvalue weighted by molar-refractivity contribution is -0.114. The molecule has 0 aliphatic rings. The van der Waals surface area contributed by atoms with E-state index in [1.165, 1.54) is 0 Å². The summed E-state index contributed by atoms with van der Waals surface area (Å²) in [5.74, 6) is -0.844. The van der Waals surface area contributed by atoms with Gasteiger partial charge in [-0.15, -0.1) is 0 Å². The van der Waals surface area contributed by atoms with Crippen LogP contribution in [0.25, 0.3) is 0 Å². The van der Waals surface area contributed by atoms with Crippen molar-refractivity contribution in [1.29, 1.82) is 0 Å². The molecule has 0 heterocycles. The van der Waals surface area contributed by atoms with Gasteiger partial charge < -0.3 is 10.6 Å². The monoisotopic (exact) mass is 302 g/mol. The maximum Gasteiger partial charge on any atom is 0.257 e. The number of halogens is 2. The van der Waals surface area contributed by atoms with Gasteiger partial charge in [0.05, 0.1) is 11.3 Å². The Bertz CT molecular complexity index is 482. The minimum atomic E-state index is -1.18. The predicted octanol–water partition coefficient (Wildman–Crippen LogP) is 2.96. The highest BCUT2D eigenvalue weighted by atomic mass is 35.5. The molecule has 0 saturated carbocycles. The standard InChI is InChI=1S/C13H16Cl2N2O2/c1-13(2,3)17-11(18)8-6-4-5-7-9(8)16-12(19)10(14)15/h4-7,10H,1-3H3,(H,16,19)(H,17,18). The highest BCUT2D eigenvalue weighted by Crippen LogP contribution is 2.17. The molecule has 6 heteroatoms. The van der Waals surface area contributed by atoms with Crippen LogP contribution in [0.2, 0.25) is 0 Å². The molecule has 0 bridgehead atoms. The van der Waals surface area contributed by atoms with Gasteiger partial charge in [0.25, 0.3) is 11.8 Å². The van der Waals surface area contributed by atoms with Gasteiger partial charge in [0, 0.05) is 5.54 Å². The van der Waals surface area contributed by atoms with Gasteiger partial charge >= 0.3 is 0 Å². The molecule has 2 amide bonds. The summed E-state index contributed by atoms with van der Waals surface area (Å²) in [6.07, 6.45) is 0. The Morgan fingerprint density at radius 2 is 1.74 bits per heavy atom. The van der Waals surface area contributed by atoms with E-state index in [2.05, 4.69) is 10.6 Å². The van der Waals surface area contributed by atoms with Crippen LogP contribution in [0.3, 0.4) is 0 Å². The van der Waals surface area contributed by atoms with E-state index in [0.29, 0.717) is 11.3 Å². The summed E-state index contributed by atoms with van der Waals surface area (Å²) in [5.41, 5.74) is 0.371. The van der Waals surface area contributed by atoms with E-state index in [4.69, 9.17) is 23.2 Å². The van der Waals surface area contributed by atoms with Crippen molar-refractivity contribution in [2.75, 3.05) is 5.32 Å². The van der Waals surface area contributed by atoms with Gasteiger partial charge in [-0.3, -0.25) is 9.59 Å². The average Bonchev–Trinajstić information content (AvgIpc) is 2.27. The number of carbonyl (C=O) groups is 2. The van der Waals surface area contributed by atoms with Crippen molar-refractivity contribution in [2.45, 2.75) is 31.1 Å². The molecule has 2 N–H and O–H groups in total. The van der Waals surface area contributed by atoms with Gasteiger partial charge in [-0.05, 0) is 32.9 Å². The van der Waals surface area contributed by atoms with Crippen molar-refractivity contribution in [3.05, 3.63) is 29.8 Å². The van der Waals surface area contributed by atoms with Gasteiger partial charge in [0.2, 0.25) is 0 Å². The van der Waals surface area contributed by atoms with Crippen molar-refractivity contribution in [3.63, 3.8) is 0 Å². The van der Waals surface area contributed by atoms with Crippen LogP contribution in [0.5, 0.6) is 0 Å². The van der Waals surface area contributed by atoms with E-state index >= 15 is 0 Å². The number of amides is 2. The molecule has 0 atom stereocenters. The van der Waals surface area contributed by atoms with Crippen LogP contribution in [0.4, 0.5) is 5.69 Å². The van der Waals surface area contributed by atoms with Crippen LogP contribution >= 0.6 is 23.2 Å². The first-order valence-electron chi connectivity index (χ1n) is 5.71. The third-order valence-electron chi connectivity index (χ3n) is 2.12. The van der Waals surface area contributed by atoms with E-state index in [1.54, 1.807) is 24.3 Å². The molecule has 0 saturated heterocycles. The number of anilines is 1. The number of para-hydroxylation sites is 1. The fourth-order valence-corrected chi connectivity index (χ4v) is 1.49. The number of hydrogen-bond acceptors (Lipinski definition) is 2. The number of carbonyl (C=O) groups excluding carboxylic acids is 2. The highest BCUT2D eigenvalue weighted by Gasteiger charge is 2.19. The second-order valence-corrected chi connectivity index (χ2v) is 6.14. The summed E-state index contributed by atoms with van der Waals surface area (Å²) in [6, 6.07) is 6.66. The van der Waals surface area contributed by atoms with Gasteiger partial charge in [0.1, 0.15) is 0 Å². The molecular formula is C13H16Cl2N2O2. The molecule has 4 nitrogen and oxygen atoms in total. The summed E-state index contributed by atoms with van der Waals surface area (Å²) in [6.45, 7) is 5.62. The molecule has 19 heavy (non-hydrogen) atoms. The van der Waals surface area contributed by atoms with Crippen LogP contribution in [0, 0.1) is 0 Å². The molecule has 0 radical (unpaired) electrons. The summed E-state index contributed by atoms with van der Waals surface area (Å²) in [7, 11) is 0. The second-order valence-electron chi connectivity index (χ2n) is 5.04. The minimum absolute atomic E-state index is 0.274. The van der Waals surface area contributed by atoms with Crippen molar-refractivity contribution >= 4 is 40.7 Å². The number of benzene rings is 1. The van der Waals surface area contributed by atoms with E-state index in [1.807, 2.05) is 20.8 Å². The predicted molar refractivity (Wildman–Crippen MR) is 77.8 cm³/mol. The van der Waals surface area contributed by atoms with Crippen molar-refractivity contribution in [3.8, 4) is 0 Å². The molecule has 0 aliphatic heterocycles. The molecule has 104 valence electrons. The zero-order valence-electron chi connectivity index (χ0n) is 11.0. The van der Waals surface area contributed by atoms with E-state index in [-0.39, 0.29) is 11.4 Å². The third kappa shape index (κ3) is 5.09. The first-order chi connectivity index (χ1) is 8.70. The van der Waals surface area contributed by atoms with Gasteiger partial charge in [0.15, 0.2) is 4.84 Å². The van der Waals surface area contributed by atoms with Crippen molar-refractivity contribution in [2.24, 2.45) is 0 Å². The number of hydrogen-bond donors (Lipinski definition) is 2. The molecule has 0 spiro atoms. The van der Waals surface area contributed by atoms with Crippen LogP contribution in [-0.2, 0) is 4.79 Å². The third-order valence-corrected chi connectivity index (χ3v) is 2.51. The van der Waals surface area contributed by atoms with Crippen molar-refractivity contribution in [1.82, 2.24) is 5.32 Å². The Hall–Kier alpha value is -1.26. The second kappa shape index (κ2) is 6.26. The fourth-order valence-electron chi connectivity index (χ4n) is 1.39. The number of nitrogens with one attached hydrogen (secondary N) is 2. The smallest absolute Gasteiger partial charge is 0.257 e. The fraction of sp³-hybridized carbons (Fsp3) is 0.385. The summed E-state index contributed by atoms with van der Waals surface area (Å²) in [4.78, 5) is 22.4. The lowest BCUT2D eigenvalue weighted by Gasteiger charge is -2.21. The SMILES string of the molecule is CC(C)(C)NC(=O)c1ccccc1NC(=O)C(Cl)Cl. The molecule has 0 fully saturated rings. The van der Waals surface area contributed by atoms with Gasteiger partial charge in [-0.2, -0.15) is 0 Å². The Morgan fingerprint density at radius 1 is 1.16 bits per heavy atom. The van der Waals surface area contributed by atoms with E-state index in [0.717, 1.165) is 0 Å². The minimum Gasteiger partial charge on any atom is -0.347 e. The van der Waals surface area contributed by atoms with Gasteiger partial charge in [-0.1, -0.05) is 35.3 Å². The molecule has 0 unspecified atom stereocenters. The largest absolute Gasteiger partial charge is 0.347 e. The van der Waals surface area contributed by atoms with Crippen molar-refractivity contribution < 1.29 is 9.59 Å². The normalized spacial score (nSPS) is 11.3. The number of alkyl halides is 2. The quantitative estimate of drug-likeness (QED) is 0.843. The lowest BCUT2D eigenvalue weighted by Crippen LogP contribution is -2.41. The molecule has 1 aromatic rings. The molecule has 0 aliphatic carbocycles. The summed E-state index contributed by atoms with van der Waals surface area (Å²) < 4.78 is 0. The average molecular weight is 303 g/mol. The zero-order chi connectivity index (χ0) is 14.6. The Labute approximate surface area is 122 Å². The van der Waals surface area contributed by atoms with E-state index in [9.17, 15) is 9.59 Å².